The van der Waals surface area contributed by atoms with Crippen LogP contribution in [0.15, 0.2) is 24.3 Å². The van der Waals surface area contributed by atoms with Crippen LogP contribution < -0.4 is 9.47 Å². The van der Waals surface area contributed by atoms with Crippen LogP contribution in [0.1, 0.15) is 6.42 Å². The molecule has 1 aliphatic heterocycles. The number of para-hydroxylation sites is 2. The molecule has 100 valence electrons. The van der Waals surface area contributed by atoms with Crippen LogP contribution in [0.3, 0.4) is 0 Å². The highest BCUT2D eigenvalue weighted by molar-refractivity contribution is 5.39. The van der Waals surface area contributed by atoms with E-state index in [0.717, 1.165) is 31.1 Å². The van der Waals surface area contributed by atoms with Crippen LogP contribution in [0.2, 0.25) is 0 Å². The van der Waals surface area contributed by atoms with Gasteiger partial charge in [-0.15, -0.1) is 0 Å². The highest BCUT2D eigenvalue weighted by Crippen LogP contribution is 2.27. The van der Waals surface area contributed by atoms with E-state index in [0.29, 0.717) is 25.7 Å². The second kappa shape index (κ2) is 7.24. The van der Waals surface area contributed by atoms with Gasteiger partial charge in [-0.25, -0.2) is 0 Å². The molecule has 1 heterocycles. The Balaban J connectivity index is 1.85. The summed E-state index contributed by atoms with van der Waals surface area (Å²) in [4.78, 5) is 0. The van der Waals surface area contributed by atoms with Crippen molar-refractivity contribution in [1.29, 1.82) is 0 Å². The lowest BCUT2D eigenvalue weighted by Gasteiger charge is -2.14. The maximum absolute atomic E-state index is 5.81. The molecule has 0 bridgehead atoms. The SMILES string of the molecule is COCCOc1ccccc1OCC1CCOC1. The van der Waals surface area contributed by atoms with Crippen LogP contribution in [0.25, 0.3) is 0 Å². The Hall–Kier alpha value is -1.26. The Labute approximate surface area is 108 Å². The van der Waals surface area contributed by atoms with Gasteiger partial charge in [-0.1, -0.05) is 12.1 Å². The minimum absolute atomic E-state index is 0.497. The summed E-state index contributed by atoms with van der Waals surface area (Å²) in [6, 6.07) is 7.73. The first-order valence-electron chi connectivity index (χ1n) is 6.31. The fraction of sp³-hybridized carbons (Fsp3) is 0.571. The molecule has 1 saturated heterocycles. The second-order valence-corrected chi connectivity index (χ2v) is 4.33. The molecule has 1 unspecified atom stereocenters. The highest BCUT2D eigenvalue weighted by Gasteiger charge is 2.17. The first-order valence-corrected chi connectivity index (χ1v) is 6.31. The van der Waals surface area contributed by atoms with Gasteiger partial charge in [-0.05, 0) is 18.6 Å². The fourth-order valence-corrected chi connectivity index (χ4v) is 1.85. The fourth-order valence-electron chi connectivity index (χ4n) is 1.85. The molecule has 4 heteroatoms. The van der Waals surface area contributed by atoms with Gasteiger partial charge in [-0.2, -0.15) is 0 Å². The van der Waals surface area contributed by atoms with Crippen LogP contribution in [0, 0.1) is 5.92 Å². The van der Waals surface area contributed by atoms with Crippen molar-refractivity contribution < 1.29 is 18.9 Å². The molecule has 0 spiro atoms. The van der Waals surface area contributed by atoms with E-state index in [-0.39, 0.29) is 0 Å². The summed E-state index contributed by atoms with van der Waals surface area (Å²) in [7, 11) is 1.66. The smallest absolute Gasteiger partial charge is 0.161 e. The standard InChI is InChI=1S/C14H20O4/c1-15-8-9-17-13-4-2-3-5-14(13)18-11-12-6-7-16-10-12/h2-5,12H,6-11H2,1H3. The molecular formula is C14H20O4. The molecular weight excluding hydrogens is 232 g/mol. The number of rotatable bonds is 7. The third-order valence-electron chi connectivity index (χ3n) is 2.89. The molecule has 1 fully saturated rings. The predicted octanol–water partition coefficient (Wildman–Crippen LogP) is 2.13. The molecule has 0 radical (unpaired) electrons. The molecule has 0 aliphatic carbocycles. The summed E-state index contributed by atoms with van der Waals surface area (Å²) >= 11 is 0. The zero-order valence-electron chi connectivity index (χ0n) is 10.8. The average molecular weight is 252 g/mol. The molecule has 0 saturated carbocycles. The van der Waals surface area contributed by atoms with Gasteiger partial charge in [0, 0.05) is 19.6 Å². The van der Waals surface area contributed by atoms with E-state index in [1.807, 2.05) is 24.3 Å². The van der Waals surface area contributed by atoms with Gasteiger partial charge in [0.15, 0.2) is 11.5 Å². The Bertz CT molecular complexity index is 347. The molecule has 0 N–H and O–H groups in total. The third-order valence-corrected chi connectivity index (χ3v) is 2.89. The third kappa shape index (κ3) is 3.89. The Kier molecular flexibility index (Phi) is 5.30. The molecule has 0 amide bonds. The van der Waals surface area contributed by atoms with Gasteiger partial charge in [0.2, 0.25) is 0 Å². The average Bonchev–Trinajstić information content (AvgIpc) is 2.91. The topological polar surface area (TPSA) is 36.9 Å². The molecule has 4 nitrogen and oxygen atoms in total. The summed E-state index contributed by atoms with van der Waals surface area (Å²) in [5, 5.41) is 0. The number of benzene rings is 1. The lowest BCUT2D eigenvalue weighted by atomic mass is 10.1. The molecule has 18 heavy (non-hydrogen) atoms. The van der Waals surface area contributed by atoms with Crippen LogP contribution in [0.4, 0.5) is 0 Å². The van der Waals surface area contributed by atoms with Gasteiger partial charge in [-0.3, -0.25) is 0 Å². The number of methoxy groups -OCH3 is 1. The molecule has 1 aromatic rings. The van der Waals surface area contributed by atoms with Crippen molar-refractivity contribution in [3.8, 4) is 11.5 Å². The maximum Gasteiger partial charge on any atom is 0.161 e. The highest BCUT2D eigenvalue weighted by atomic mass is 16.5. The first kappa shape index (κ1) is 13.2. The van der Waals surface area contributed by atoms with Crippen molar-refractivity contribution in [2.75, 3.05) is 40.1 Å². The zero-order chi connectivity index (χ0) is 12.6. The Morgan fingerprint density at radius 2 is 1.94 bits per heavy atom. The van der Waals surface area contributed by atoms with E-state index in [4.69, 9.17) is 18.9 Å². The van der Waals surface area contributed by atoms with E-state index in [1.165, 1.54) is 0 Å². The van der Waals surface area contributed by atoms with Gasteiger partial charge in [0.1, 0.15) is 6.61 Å². The van der Waals surface area contributed by atoms with Crippen molar-refractivity contribution in [3.63, 3.8) is 0 Å². The number of hydrogen-bond donors (Lipinski definition) is 0. The van der Waals surface area contributed by atoms with Gasteiger partial charge in [0.25, 0.3) is 0 Å². The summed E-state index contributed by atoms with van der Waals surface area (Å²) in [5.41, 5.74) is 0. The first-order chi connectivity index (χ1) is 8.90. The molecule has 1 atom stereocenters. The van der Waals surface area contributed by atoms with E-state index < -0.39 is 0 Å². The van der Waals surface area contributed by atoms with Crippen LogP contribution in [-0.4, -0.2) is 40.1 Å². The quantitative estimate of drug-likeness (QED) is 0.697. The minimum atomic E-state index is 0.497. The largest absolute Gasteiger partial charge is 0.489 e. The van der Waals surface area contributed by atoms with Crippen molar-refractivity contribution in [1.82, 2.24) is 0 Å². The van der Waals surface area contributed by atoms with Crippen molar-refractivity contribution in [2.45, 2.75) is 6.42 Å². The van der Waals surface area contributed by atoms with Crippen molar-refractivity contribution in [2.24, 2.45) is 5.92 Å². The normalized spacial score (nSPS) is 18.8. The molecule has 0 aromatic heterocycles. The van der Waals surface area contributed by atoms with Gasteiger partial charge >= 0.3 is 0 Å². The van der Waals surface area contributed by atoms with Crippen LogP contribution in [0.5, 0.6) is 11.5 Å². The number of hydrogen-bond acceptors (Lipinski definition) is 4. The Morgan fingerprint density at radius 3 is 2.61 bits per heavy atom. The van der Waals surface area contributed by atoms with E-state index in [1.54, 1.807) is 7.11 Å². The lowest BCUT2D eigenvalue weighted by Crippen LogP contribution is -2.12. The van der Waals surface area contributed by atoms with Gasteiger partial charge < -0.3 is 18.9 Å². The zero-order valence-corrected chi connectivity index (χ0v) is 10.8. The maximum atomic E-state index is 5.81. The van der Waals surface area contributed by atoms with Gasteiger partial charge in [0.05, 0.1) is 19.8 Å². The van der Waals surface area contributed by atoms with Crippen molar-refractivity contribution >= 4 is 0 Å². The Morgan fingerprint density at radius 1 is 1.17 bits per heavy atom. The molecule has 1 aromatic carbocycles. The summed E-state index contributed by atoms with van der Waals surface area (Å²) in [6.45, 7) is 3.44. The number of ether oxygens (including phenoxy) is 4. The van der Waals surface area contributed by atoms with E-state index in [2.05, 4.69) is 0 Å². The monoisotopic (exact) mass is 252 g/mol. The van der Waals surface area contributed by atoms with Crippen LogP contribution in [-0.2, 0) is 9.47 Å². The summed E-state index contributed by atoms with van der Waals surface area (Å²) in [5.74, 6) is 2.06. The van der Waals surface area contributed by atoms with Crippen LogP contribution >= 0.6 is 0 Å². The lowest BCUT2D eigenvalue weighted by molar-refractivity contribution is 0.140. The van der Waals surface area contributed by atoms with E-state index in [9.17, 15) is 0 Å². The molecule has 2 rings (SSSR count). The minimum Gasteiger partial charge on any atom is -0.489 e. The van der Waals surface area contributed by atoms with Crippen molar-refractivity contribution in [3.05, 3.63) is 24.3 Å². The van der Waals surface area contributed by atoms with E-state index >= 15 is 0 Å². The predicted molar refractivity (Wildman–Crippen MR) is 68.2 cm³/mol. The summed E-state index contributed by atoms with van der Waals surface area (Å²) in [6.07, 6.45) is 1.08. The second-order valence-electron chi connectivity index (χ2n) is 4.33. The molecule has 1 aliphatic rings. The summed E-state index contributed by atoms with van der Waals surface area (Å²) < 4.78 is 21.7.